The maximum atomic E-state index is 13.4. The second-order valence-electron chi connectivity index (χ2n) is 10.4. The molecule has 2 unspecified atom stereocenters. The topological polar surface area (TPSA) is 81.1 Å². The number of nitrogens with one attached hydrogen (secondary N) is 2. The Kier molecular flexibility index (Phi) is 11.3. The van der Waals surface area contributed by atoms with E-state index in [1.807, 2.05) is 13.8 Å². The smallest absolute Gasteiger partial charge is 0.379 e. The van der Waals surface area contributed by atoms with Crippen LogP contribution in [-0.4, -0.2) is 46.0 Å². The van der Waals surface area contributed by atoms with Gasteiger partial charge >= 0.3 is 12.4 Å². The molecule has 1 aliphatic heterocycles. The Morgan fingerprint density at radius 3 is 2.30 bits per heavy atom. The third kappa shape index (κ3) is 7.59. The molecule has 2 N–H and O–H groups in total. The summed E-state index contributed by atoms with van der Waals surface area (Å²) < 4.78 is 86.7. The van der Waals surface area contributed by atoms with Gasteiger partial charge in [-0.2, -0.15) is 31.4 Å². The highest BCUT2D eigenvalue weighted by atomic mass is 35.5. The lowest BCUT2D eigenvalue weighted by Gasteiger charge is -2.36. The number of hydrogen-bond acceptors (Lipinski definition) is 5. The molecule has 2 aliphatic rings. The molecule has 7 nitrogen and oxygen atoms in total. The molecule has 2 heterocycles. The summed E-state index contributed by atoms with van der Waals surface area (Å²) in [5.74, 6) is -0.468. The van der Waals surface area contributed by atoms with E-state index >= 15 is 0 Å². The van der Waals surface area contributed by atoms with Crippen molar-refractivity contribution in [2.24, 2.45) is 11.3 Å². The van der Waals surface area contributed by atoms with Gasteiger partial charge in [-0.25, -0.2) is 9.67 Å². The molecule has 0 bridgehead atoms. The summed E-state index contributed by atoms with van der Waals surface area (Å²) in [5, 5.41) is 10.5. The number of nitrogens with zero attached hydrogens (tertiary/aromatic N) is 3. The fourth-order valence-corrected chi connectivity index (χ4v) is 5.56. The van der Waals surface area contributed by atoms with Gasteiger partial charge in [-0.15, -0.1) is 24.8 Å². The van der Waals surface area contributed by atoms with Crippen LogP contribution in [0.4, 0.5) is 26.3 Å². The maximum absolute atomic E-state index is 13.4. The number of alkyl halides is 6. The van der Waals surface area contributed by atoms with Gasteiger partial charge in [-0.05, 0) is 55.4 Å². The Morgan fingerprint density at radius 2 is 1.75 bits per heavy atom. The lowest BCUT2D eigenvalue weighted by Crippen LogP contribution is -2.49. The van der Waals surface area contributed by atoms with E-state index in [4.69, 9.17) is 4.74 Å². The summed E-state index contributed by atoms with van der Waals surface area (Å²) in [7, 11) is 0. The fraction of sp³-hybridized carbons (Fsp3) is 0.640. The van der Waals surface area contributed by atoms with Crippen molar-refractivity contribution in [1.82, 2.24) is 25.4 Å². The van der Waals surface area contributed by atoms with Crippen molar-refractivity contribution in [2.45, 2.75) is 76.6 Å². The Bertz CT molecular complexity index is 1080. The van der Waals surface area contributed by atoms with Crippen LogP contribution in [0.3, 0.4) is 0 Å². The number of amides is 1. The Morgan fingerprint density at radius 1 is 1.10 bits per heavy atom. The van der Waals surface area contributed by atoms with Crippen LogP contribution in [0.15, 0.2) is 30.9 Å². The normalized spacial score (nSPS) is 25.3. The first-order valence-electron chi connectivity index (χ1n) is 12.5. The van der Waals surface area contributed by atoms with Gasteiger partial charge in [0.05, 0.1) is 29.2 Å². The number of carbonyl (C=O) groups is 1. The quantitative estimate of drug-likeness (QED) is 0.395. The molecule has 1 aliphatic carbocycles. The van der Waals surface area contributed by atoms with Crippen LogP contribution >= 0.6 is 24.8 Å². The zero-order valence-corrected chi connectivity index (χ0v) is 23.5. The number of carbonyl (C=O) groups excluding carboxylic acids is 1. The van der Waals surface area contributed by atoms with Crippen LogP contribution in [0, 0.1) is 11.3 Å². The van der Waals surface area contributed by atoms with Crippen LogP contribution in [-0.2, 0) is 28.4 Å². The van der Waals surface area contributed by atoms with Gasteiger partial charge in [-0.3, -0.25) is 4.79 Å². The molecule has 4 rings (SSSR count). The second-order valence-corrected chi connectivity index (χ2v) is 10.4. The molecule has 15 heteroatoms. The molecule has 40 heavy (non-hydrogen) atoms. The summed E-state index contributed by atoms with van der Waals surface area (Å²) in [5.41, 5.74) is -3.87. The SMILES string of the molecule is CC(C)[C@]1(C(=O)NCc2cc(C(F)(F)F)cc(C(F)(F)F)c2)CC[C@@H](NC2CCOCC2n2cncn2)C1.Cl.Cl. The summed E-state index contributed by atoms with van der Waals surface area (Å²) in [4.78, 5) is 17.4. The minimum absolute atomic E-state index is 0. The summed E-state index contributed by atoms with van der Waals surface area (Å²) in [6.07, 6.45) is -4.32. The zero-order valence-electron chi connectivity index (χ0n) is 21.9. The Labute approximate surface area is 240 Å². The van der Waals surface area contributed by atoms with Gasteiger partial charge in [0.15, 0.2) is 0 Å². The predicted octanol–water partition coefficient (Wildman–Crippen LogP) is 5.59. The third-order valence-electron chi connectivity index (χ3n) is 7.76. The largest absolute Gasteiger partial charge is 0.416 e. The van der Waals surface area contributed by atoms with Gasteiger partial charge in [0.2, 0.25) is 5.91 Å². The molecule has 2 fully saturated rings. The zero-order chi connectivity index (χ0) is 27.7. The fourth-order valence-electron chi connectivity index (χ4n) is 5.56. The molecule has 0 radical (unpaired) electrons. The van der Waals surface area contributed by atoms with Crippen molar-refractivity contribution in [1.29, 1.82) is 0 Å². The van der Waals surface area contributed by atoms with Crippen molar-refractivity contribution >= 4 is 30.7 Å². The van der Waals surface area contributed by atoms with Gasteiger partial charge in [0.25, 0.3) is 0 Å². The van der Waals surface area contributed by atoms with E-state index in [1.165, 1.54) is 6.33 Å². The van der Waals surface area contributed by atoms with Crippen molar-refractivity contribution in [3.05, 3.63) is 47.5 Å². The lowest BCUT2D eigenvalue weighted by atomic mass is 9.74. The minimum atomic E-state index is -4.95. The highest BCUT2D eigenvalue weighted by Gasteiger charge is 2.48. The number of halogens is 8. The van der Waals surface area contributed by atoms with Crippen molar-refractivity contribution in [3.8, 4) is 0 Å². The van der Waals surface area contributed by atoms with Crippen LogP contribution in [0.5, 0.6) is 0 Å². The van der Waals surface area contributed by atoms with Gasteiger partial charge < -0.3 is 15.4 Å². The number of ether oxygens (including phenoxy) is 1. The van der Waals surface area contributed by atoms with E-state index in [1.54, 1.807) is 11.0 Å². The molecule has 1 aromatic carbocycles. The third-order valence-corrected chi connectivity index (χ3v) is 7.76. The Hall–Kier alpha value is -2.09. The molecule has 226 valence electrons. The molecule has 0 spiro atoms. The second kappa shape index (κ2) is 13.3. The van der Waals surface area contributed by atoms with E-state index in [2.05, 4.69) is 20.7 Å². The van der Waals surface area contributed by atoms with E-state index < -0.39 is 35.4 Å². The molecule has 1 amide bonds. The number of hydrogen-bond donors (Lipinski definition) is 2. The molecule has 2 aromatic rings. The van der Waals surface area contributed by atoms with E-state index in [9.17, 15) is 31.1 Å². The lowest BCUT2D eigenvalue weighted by molar-refractivity contribution is -0.143. The highest BCUT2D eigenvalue weighted by Crippen LogP contribution is 2.45. The molecular weight excluding hydrogens is 587 g/mol. The summed E-state index contributed by atoms with van der Waals surface area (Å²) in [6, 6.07) is 1.36. The summed E-state index contributed by atoms with van der Waals surface area (Å²) >= 11 is 0. The minimum Gasteiger partial charge on any atom is -0.379 e. The monoisotopic (exact) mass is 619 g/mol. The highest BCUT2D eigenvalue weighted by molar-refractivity contribution is 5.85. The molecule has 1 saturated carbocycles. The Balaban J connectivity index is 0.00000280. The van der Waals surface area contributed by atoms with Crippen molar-refractivity contribution in [2.75, 3.05) is 13.2 Å². The molecular formula is C25H33Cl2F6N5O2. The van der Waals surface area contributed by atoms with E-state index in [0.29, 0.717) is 44.6 Å². The number of rotatable bonds is 7. The molecule has 1 aromatic heterocycles. The first kappa shape index (κ1) is 34.1. The van der Waals surface area contributed by atoms with E-state index in [-0.39, 0.29) is 66.4 Å². The van der Waals surface area contributed by atoms with Crippen LogP contribution < -0.4 is 10.6 Å². The van der Waals surface area contributed by atoms with Crippen LogP contribution in [0.1, 0.15) is 62.3 Å². The van der Waals surface area contributed by atoms with Crippen molar-refractivity contribution in [3.63, 3.8) is 0 Å². The van der Waals surface area contributed by atoms with Crippen LogP contribution in [0.25, 0.3) is 0 Å². The molecule has 1 saturated heterocycles. The standard InChI is InChI=1S/C25H31F6N5O2.2ClH/c1-15(2)23(5-3-19(10-23)35-20-4-6-38-12-21(20)36-14-32-13-34-36)22(37)33-11-16-7-17(24(26,27)28)9-18(8-16)25(29,30)31;;/h7-9,13-15,19-21,35H,3-6,10-12H2,1-2H3,(H,33,37);2*1H/t19-,20?,21?,23+;;/m1../s1. The first-order chi connectivity index (χ1) is 17.8. The van der Waals surface area contributed by atoms with Gasteiger partial charge in [0.1, 0.15) is 12.7 Å². The first-order valence-corrected chi connectivity index (χ1v) is 12.5. The van der Waals surface area contributed by atoms with Crippen LogP contribution in [0.2, 0.25) is 0 Å². The molecule has 4 atom stereocenters. The average molecular weight is 620 g/mol. The maximum Gasteiger partial charge on any atom is 0.416 e. The van der Waals surface area contributed by atoms with Crippen molar-refractivity contribution < 1.29 is 35.9 Å². The number of benzene rings is 1. The summed E-state index contributed by atoms with van der Waals surface area (Å²) in [6.45, 7) is 4.43. The average Bonchev–Trinajstić information content (AvgIpc) is 3.53. The van der Waals surface area contributed by atoms with Gasteiger partial charge in [-0.1, -0.05) is 13.8 Å². The van der Waals surface area contributed by atoms with Gasteiger partial charge in [0, 0.05) is 25.2 Å². The van der Waals surface area contributed by atoms with E-state index in [0.717, 1.165) is 6.42 Å². The number of aromatic nitrogens is 3. The predicted molar refractivity (Wildman–Crippen MR) is 139 cm³/mol.